The highest BCUT2D eigenvalue weighted by atomic mass is 32.2. The second-order valence-corrected chi connectivity index (χ2v) is 8.68. The topological polar surface area (TPSA) is 78.8 Å². The van der Waals surface area contributed by atoms with Crippen LogP contribution in [0.1, 0.15) is 28.4 Å². The van der Waals surface area contributed by atoms with Gasteiger partial charge in [0.25, 0.3) is 5.91 Å². The van der Waals surface area contributed by atoms with Crippen molar-refractivity contribution >= 4 is 27.3 Å². The van der Waals surface area contributed by atoms with Gasteiger partial charge in [0.1, 0.15) is 0 Å². The van der Waals surface area contributed by atoms with E-state index in [2.05, 4.69) is 10.5 Å². The first-order chi connectivity index (χ1) is 14.4. The van der Waals surface area contributed by atoms with Crippen molar-refractivity contribution in [2.75, 3.05) is 10.6 Å². The summed E-state index contributed by atoms with van der Waals surface area (Å²) in [5.41, 5.74) is 5.40. The summed E-state index contributed by atoms with van der Waals surface area (Å²) in [5, 5.41) is 4.17. The average molecular weight is 422 g/mol. The molecule has 0 unspecified atom stereocenters. The maximum atomic E-state index is 12.8. The molecule has 0 aliphatic rings. The third-order valence-corrected chi connectivity index (χ3v) is 5.63. The summed E-state index contributed by atoms with van der Waals surface area (Å²) in [4.78, 5) is 12.8. The fourth-order valence-electron chi connectivity index (χ4n) is 2.95. The van der Waals surface area contributed by atoms with Crippen LogP contribution in [0.2, 0.25) is 0 Å². The number of carbonyl (C=O) groups is 1. The van der Waals surface area contributed by atoms with Gasteiger partial charge >= 0.3 is 0 Å². The van der Waals surface area contributed by atoms with E-state index in [9.17, 15) is 13.2 Å². The van der Waals surface area contributed by atoms with E-state index < -0.39 is 15.9 Å². The van der Waals surface area contributed by atoms with E-state index in [0.717, 1.165) is 17.4 Å². The molecule has 0 atom stereocenters. The highest BCUT2D eigenvalue weighted by molar-refractivity contribution is 7.92. The normalized spacial score (nSPS) is 11.7. The molecule has 0 spiro atoms. The highest BCUT2D eigenvalue weighted by Gasteiger charge is 2.23. The van der Waals surface area contributed by atoms with Crippen LogP contribution in [0, 0.1) is 0 Å². The zero-order valence-corrected chi connectivity index (χ0v) is 17.6. The predicted molar refractivity (Wildman–Crippen MR) is 120 cm³/mol. The third-order valence-electron chi connectivity index (χ3n) is 4.50. The molecular weight excluding hydrogens is 398 g/mol. The van der Waals surface area contributed by atoms with Gasteiger partial charge in [-0.3, -0.25) is 9.10 Å². The summed E-state index contributed by atoms with van der Waals surface area (Å²) in [6.45, 7) is 1.91. The molecule has 6 nitrogen and oxygen atoms in total. The molecule has 0 aliphatic carbocycles. The van der Waals surface area contributed by atoms with Crippen molar-refractivity contribution in [2.24, 2.45) is 5.10 Å². The molecule has 0 bridgehead atoms. The molecule has 3 rings (SSSR count). The first-order valence-corrected chi connectivity index (χ1v) is 11.2. The molecule has 7 heteroatoms. The van der Waals surface area contributed by atoms with Crippen LogP contribution in [-0.4, -0.2) is 26.3 Å². The van der Waals surface area contributed by atoms with Crippen LogP contribution in [0.3, 0.4) is 0 Å². The van der Waals surface area contributed by atoms with Crippen LogP contribution in [0.4, 0.5) is 5.69 Å². The van der Waals surface area contributed by atoms with Gasteiger partial charge < -0.3 is 0 Å². The Morgan fingerprint density at radius 2 is 1.47 bits per heavy atom. The number of hydrazone groups is 1. The van der Waals surface area contributed by atoms with Crippen LogP contribution < -0.4 is 9.73 Å². The van der Waals surface area contributed by atoms with Crippen LogP contribution >= 0.6 is 0 Å². The second kappa shape index (κ2) is 9.37. The Kier molecular flexibility index (Phi) is 6.64. The van der Waals surface area contributed by atoms with Gasteiger partial charge in [0.2, 0.25) is 10.0 Å². The Morgan fingerprint density at radius 1 is 0.900 bits per heavy atom. The molecule has 0 saturated carbocycles. The van der Waals surface area contributed by atoms with E-state index in [4.69, 9.17) is 0 Å². The van der Waals surface area contributed by atoms with Gasteiger partial charge in [0.05, 0.1) is 29.8 Å². The van der Waals surface area contributed by atoms with E-state index in [1.807, 2.05) is 60.7 Å². The zero-order valence-electron chi connectivity index (χ0n) is 16.8. The molecule has 1 amide bonds. The highest BCUT2D eigenvalue weighted by Crippen LogP contribution is 2.25. The zero-order chi connectivity index (χ0) is 21.6. The number of benzene rings is 3. The van der Waals surface area contributed by atoms with Crippen LogP contribution in [0.25, 0.3) is 0 Å². The fourth-order valence-corrected chi connectivity index (χ4v) is 3.85. The number of rotatable bonds is 7. The summed E-state index contributed by atoms with van der Waals surface area (Å²) in [6, 6.07) is 25.3. The summed E-state index contributed by atoms with van der Waals surface area (Å²) < 4.78 is 26.3. The monoisotopic (exact) mass is 421 g/mol. The van der Waals surface area contributed by atoms with Crippen molar-refractivity contribution in [3.63, 3.8) is 0 Å². The van der Waals surface area contributed by atoms with Gasteiger partial charge in [-0.05, 0) is 30.2 Å². The number of sulfonamides is 1. The molecule has 0 aliphatic heterocycles. The molecular formula is C23H23N3O3S. The summed E-state index contributed by atoms with van der Waals surface area (Å²) in [7, 11) is -3.63. The molecule has 0 saturated heterocycles. The molecule has 3 aromatic rings. The maximum absolute atomic E-state index is 12.8. The minimum absolute atomic E-state index is 0.121. The largest absolute Gasteiger partial charge is 0.273 e. The van der Waals surface area contributed by atoms with Crippen molar-refractivity contribution in [3.05, 3.63) is 102 Å². The van der Waals surface area contributed by atoms with Crippen LogP contribution in [0.5, 0.6) is 0 Å². The summed E-state index contributed by atoms with van der Waals surface area (Å²) in [5.74, 6) is -0.484. The van der Waals surface area contributed by atoms with E-state index in [-0.39, 0.29) is 12.1 Å². The Labute approximate surface area is 176 Å². The molecule has 0 radical (unpaired) electrons. The lowest BCUT2D eigenvalue weighted by Gasteiger charge is -2.24. The lowest BCUT2D eigenvalue weighted by atomic mass is 10.1. The van der Waals surface area contributed by atoms with E-state index in [1.165, 1.54) is 4.31 Å². The van der Waals surface area contributed by atoms with Gasteiger partial charge in [-0.2, -0.15) is 5.10 Å². The number of amides is 1. The van der Waals surface area contributed by atoms with Gasteiger partial charge in [0, 0.05) is 0 Å². The van der Waals surface area contributed by atoms with Gasteiger partial charge in [0.15, 0.2) is 0 Å². The van der Waals surface area contributed by atoms with E-state index in [1.54, 1.807) is 31.2 Å². The summed E-state index contributed by atoms with van der Waals surface area (Å²) >= 11 is 0. The molecule has 30 heavy (non-hydrogen) atoms. The number of nitrogens with one attached hydrogen (secondary N) is 1. The lowest BCUT2D eigenvalue weighted by Crippen LogP contribution is -2.32. The van der Waals surface area contributed by atoms with Crippen molar-refractivity contribution in [2.45, 2.75) is 13.5 Å². The standard InChI is InChI=1S/C23H23N3O3S/c1-18(20-13-7-4-8-14-20)24-25-23(27)21-15-9-10-16-22(21)26(30(2,28)29)17-19-11-5-3-6-12-19/h3-16H,17H2,1-2H3,(H,25,27)/b24-18+. The molecule has 0 fully saturated rings. The number of hydrogen-bond acceptors (Lipinski definition) is 4. The number of anilines is 1. The predicted octanol–water partition coefficient (Wildman–Crippen LogP) is 3.81. The SMILES string of the molecule is C/C(=N\NC(=O)c1ccccc1N(Cc1ccccc1)S(C)(=O)=O)c1ccccc1. The Bertz CT molecular complexity index is 1140. The Hall–Kier alpha value is -3.45. The van der Waals surface area contributed by atoms with E-state index >= 15 is 0 Å². The van der Waals surface area contributed by atoms with Crippen molar-refractivity contribution in [1.82, 2.24) is 5.43 Å². The first kappa shape index (κ1) is 21.3. The maximum Gasteiger partial charge on any atom is 0.273 e. The Morgan fingerprint density at radius 3 is 2.10 bits per heavy atom. The van der Waals surface area contributed by atoms with Gasteiger partial charge in [-0.1, -0.05) is 72.8 Å². The Balaban J connectivity index is 1.90. The molecule has 3 aromatic carbocycles. The smallest absolute Gasteiger partial charge is 0.267 e. The second-order valence-electron chi connectivity index (χ2n) is 6.78. The fraction of sp³-hybridized carbons (Fsp3) is 0.130. The molecule has 1 N–H and O–H groups in total. The lowest BCUT2D eigenvalue weighted by molar-refractivity contribution is 0.0955. The minimum atomic E-state index is -3.63. The molecule has 0 heterocycles. The third kappa shape index (κ3) is 5.33. The minimum Gasteiger partial charge on any atom is -0.267 e. The van der Waals surface area contributed by atoms with Crippen molar-refractivity contribution in [1.29, 1.82) is 0 Å². The summed E-state index contributed by atoms with van der Waals surface area (Å²) in [6.07, 6.45) is 1.13. The van der Waals surface area contributed by atoms with Crippen LogP contribution in [0.15, 0.2) is 90.0 Å². The quantitative estimate of drug-likeness (QED) is 0.465. The van der Waals surface area contributed by atoms with Crippen molar-refractivity contribution in [3.8, 4) is 0 Å². The molecule has 154 valence electrons. The van der Waals surface area contributed by atoms with Gasteiger partial charge in [-0.15, -0.1) is 0 Å². The number of hydrogen-bond donors (Lipinski definition) is 1. The molecule has 0 aromatic heterocycles. The number of para-hydroxylation sites is 1. The van der Waals surface area contributed by atoms with Crippen molar-refractivity contribution < 1.29 is 13.2 Å². The average Bonchev–Trinajstić information content (AvgIpc) is 2.76. The van der Waals surface area contributed by atoms with E-state index in [0.29, 0.717) is 11.4 Å². The number of nitrogens with zero attached hydrogens (tertiary/aromatic N) is 2. The van der Waals surface area contributed by atoms with Crippen LogP contribution in [-0.2, 0) is 16.6 Å². The first-order valence-electron chi connectivity index (χ1n) is 9.37. The number of carbonyl (C=O) groups excluding carboxylic acids is 1. The van der Waals surface area contributed by atoms with Gasteiger partial charge in [-0.25, -0.2) is 13.8 Å².